The zero-order valence-corrected chi connectivity index (χ0v) is 11.0. The lowest BCUT2D eigenvalue weighted by atomic mass is 9.95. The lowest BCUT2D eigenvalue weighted by Crippen LogP contribution is -2.34. The summed E-state index contributed by atoms with van der Waals surface area (Å²) < 4.78 is 1.32. The molecule has 0 aromatic carbocycles. The van der Waals surface area contributed by atoms with Gasteiger partial charge in [-0.3, -0.25) is 4.98 Å². The number of rotatable bonds is 3. The summed E-state index contributed by atoms with van der Waals surface area (Å²) in [6.45, 7) is 0.768. The lowest BCUT2D eigenvalue weighted by Gasteiger charge is -2.26. The Morgan fingerprint density at radius 2 is 2.40 bits per heavy atom. The second kappa shape index (κ2) is 4.85. The van der Waals surface area contributed by atoms with Crippen molar-refractivity contribution >= 4 is 27.7 Å². The third-order valence-corrected chi connectivity index (χ3v) is 4.90. The Morgan fingerprint density at radius 3 is 3.00 bits per heavy atom. The molecule has 0 radical (unpaired) electrons. The van der Waals surface area contributed by atoms with Gasteiger partial charge in [0.25, 0.3) is 0 Å². The monoisotopic (exact) mass is 286 g/mol. The predicted molar refractivity (Wildman–Crippen MR) is 69.1 cm³/mol. The van der Waals surface area contributed by atoms with Gasteiger partial charge in [0.2, 0.25) is 0 Å². The van der Waals surface area contributed by atoms with Crippen LogP contribution >= 0.6 is 27.7 Å². The highest BCUT2D eigenvalue weighted by Gasteiger charge is 2.33. The first-order chi connectivity index (χ1) is 7.24. The van der Waals surface area contributed by atoms with Gasteiger partial charge in [-0.15, -0.1) is 0 Å². The van der Waals surface area contributed by atoms with Crippen LogP contribution in [0, 0.1) is 0 Å². The van der Waals surface area contributed by atoms with Gasteiger partial charge in [-0.1, -0.05) is 0 Å². The van der Waals surface area contributed by atoms with Crippen molar-refractivity contribution in [3.8, 4) is 0 Å². The molecule has 0 aliphatic carbocycles. The van der Waals surface area contributed by atoms with Crippen LogP contribution in [0.25, 0.3) is 0 Å². The van der Waals surface area contributed by atoms with Crippen molar-refractivity contribution in [2.24, 2.45) is 5.73 Å². The van der Waals surface area contributed by atoms with Gasteiger partial charge < -0.3 is 5.73 Å². The molecular weight excluding hydrogens is 272 g/mol. The van der Waals surface area contributed by atoms with Crippen LogP contribution in [0.2, 0.25) is 0 Å². The van der Waals surface area contributed by atoms with Crippen molar-refractivity contribution in [2.45, 2.75) is 24.0 Å². The maximum absolute atomic E-state index is 5.90. The fourth-order valence-electron chi connectivity index (χ4n) is 2.05. The number of aromatic nitrogens is 1. The van der Waals surface area contributed by atoms with Gasteiger partial charge >= 0.3 is 0 Å². The second-order valence-electron chi connectivity index (χ2n) is 4.03. The van der Waals surface area contributed by atoms with Gasteiger partial charge in [0.05, 0.1) is 0 Å². The van der Waals surface area contributed by atoms with Crippen LogP contribution in [0.1, 0.15) is 18.4 Å². The van der Waals surface area contributed by atoms with Crippen LogP contribution in [-0.2, 0) is 6.42 Å². The highest BCUT2D eigenvalue weighted by Crippen LogP contribution is 2.40. The molecule has 1 aliphatic rings. The number of nitrogens with two attached hydrogens (primary N) is 1. The predicted octanol–water partition coefficient (Wildman–Crippen LogP) is 2.61. The molecule has 2 rings (SSSR count). The summed E-state index contributed by atoms with van der Waals surface area (Å²) in [5.74, 6) is 1.25. The number of halogens is 1. The van der Waals surface area contributed by atoms with Gasteiger partial charge in [0.1, 0.15) is 0 Å². The van der Waals surface area contributed by atoms with E-state index >= 15 is 0 Å². The maximum Gasteiger partial charge on any atom is 0.0410 e. The topological polar surface area (TPSA) is 38.9 Å². The summed E-state index contributed by atoms with van der Waals surface area (Å²) in [4.78, 5) is 4.19. The highest BCUT2D eigenvalue weighted by molar-refractivity contribution is 9.10. The van der Waals surface area contributed by atoms with Gasteiger partial charge in [-0.2, -0.15) is 11.8 Å². The summed E-state index contributed by atoms with van der Waals surface area (Å²) in [7, 11) is 0. The van der Waals surface area contributed by atoms with E-state index in [0.29, 0.717) is 0 Å². The third kappa shape index (κ3) is 2.74. The van der Waals surface area contributed by atoms with E-state index in [1.165, 1.54) is 24.2 Å². The molecule has 1 aromatic rings. The largest absolute Gasteiger partial charge is 0.329 e. The van der Waals surface area contributed by atoms with Crippen molar-refractivity contribution in [3.63, 3.8) is 0 Å². The average molecular weight is 287 g/mol. The van der Waals surface area contributed by atoms with Gasteiger partial charge in [0, 0.05) is 28.2 Å². The van der Waals surface area contributed by atoms with Gasteiger partial charge in [0.15, 0.2) is 0 Å². The van der Waals surface area contributed by atoms with E-state index in [1.807, 2.05) is 24.2 Å². The minimum atomic E-state index is 0.266. The van der Waals surface area contributed by atoms with Crippen molar-refractivity contribution in [3.05, 3.63) is 28.5 Å². The molecule has 0 saturated carbocycles. The van der Waals surface area contributed by atoms with E-state index in [0.717, 1.165) is 17.4 Å². The SMILES string of the molecule is NCC1(Cc2cncc(Br)c2)CCCS1. The Kier molecular flexibility index (Phi) is 3.69. The molecule has 0 spiro atoms. The molecule has 4 heteroatoms. The fraction of sp³-hybridized carbons (Fsp3) is 0.545. The Balaban J connectivity index is 2.12. The standard InChI is InChI=1S/C11H15BrN2S/c12-10-4-9(6-14-7-10)5-11(8-13)2-1-3-15-11/h4,6-7H,1-3,5,8,13H2. The number of hydrogen-bond acceptors (Lipinski definition) is 3. The molecule has 1 saturated heterocycles. The van der Waals surface area contributed by atoms with E-state index in [9.17, 15) is 0 Å². The maximum atomic E-state index is 5.90. The fourth-order valence-corrected chi connectivity index (χ4v) is 3.86. The van der Waals surface area contributed by atoms with Crippen LogP contribution in [0.15, 0.2) is 22.9 Å². The van der Waals surface area contributed by atoms with Crippen LogP contribution in [0.4, 0.5) is 0 Å². The molecule has 1 aromatic heterocycles. The summed E-state index contributed by atoms with van der Waals surface area (Å²) in [6.07, 6.45) is 7.34. The van der Waals surface area contributed by atoms with Crippen LogP contribution in [0.3, 0.4) is 0 Å². The Labute approximate surface area is 103 Å². The molecular formula is C11H15BrN2S. The van der Waals surface area contributed by atoms with Crippen molar-refractivity contribution in [1.82, 2.24) is 4.98 Å². The zero-order chi connectivity index (χ0) is 10.7. The Bertz CT molecular complexity index is 337. The smallest absolute Gasteiger partial charge is 0.0410 e. The Morgan fingerprint density at radius 1 is 1.53 bits per heavy atom. The minimum Gasteiger partial charge on any atom is -0.329 e. The average Bonchev–Trinajstić information content (AvgIpc) is 2.67. The summed E-state index contributed by atoms with van der Waals surface area (Å²) >= 11 is 5.47. The molecule has 82 valence electrons. The lowest BCUT2D eigenvalue weighted by molar-refractivity contribution is 0.564. The molecule has 1 unspecified atom stereocenters. The molecule has 1 atom stereocenters. The summed E-state index contributed by atoms with van der Waals surface area (Å²) in [6, 6.07) is 2.14. The quantitative estimate of drug-likeness (QED) is 0.928. The number of thioether (sulfide) groups is 1. The van der Waals surface area contributed by atoms with Crippen molar-refractivity contribution < 1.29 is 0 Å². The first-order valence-electron chi connectivity index (χ1n) is 5.18. The van der Waals surface area contributed by atoms with Gasteiger partial charge in [-0.25, -0.2) is 0 Å². The molecule has 2 nitrogen and oxygen atoms in total. The molecule has 15 heavy (non-hydrogen) atoms. The highest BCUT2D eigenvalue weighted by atomic mass is 79.9. The zero-order valence-electron chi connectivity index (χ0n) is 8.58. The second-order valence-corrected chi connectivity index (χ2v) is 6.51. The molecule has 0 amide bonds. The molecule has 0 bridgehead atoms. The van der Waals surface area contributed by atoms with Crippen LogP contribution in [0.5, 0.6) is 0 Å². The van der Waals surface area contributed by atoms with E-state index in [2.05, 4.69) is 27.0 Å². The number of nitrogens with zero attached hydrogens (tertiary/aromatic N) is 1. The molecule has 1 fully saturated rings. The van der Waals surface area contributed by atoms with Crippen LogP contribution in [-0.4, -0.2) is 22.0 Å². The Hall–Kier alpha value is -0.0600. The first kappa shape index (κ1) is 11.4. The van der Waals surface area contributed by atoms with Crippen molar-refractivity contribution in [1.29, 1.82) is 0 Å². The number of pyridine rings is 1. The number of hydrogen-bond donors (Lipinski definition) is 1. The summed E-state index contributed by atoms with van der Waals surface area (Å²) in [5, 5.41) is 0. The first-order valence-corrected chi connectivity index (χ1v) is 6.95. The molecule has 2 N–H and O–H groups in total. The minimum absolute atomic E-state index is 0.266. The van der Waals surface area contributed by atoms with Crippen LogP contribution < -0.4 is 5.73 Å². The summed E-state index contributed by atoms with van der Waals surface area (Å²) in [5.41, 5.74) is 7.18. The van der Waals surface area contributed by atoms with E-state index in [4.69, 9.17) is 5.73 Å². The molecule has 2 heterocycles. The van der Waals surface area contributed by atoms with E-state index < -0.39 is 0 Å². The third-order valence-electron chi connectivity index (χ3n) is 2.84. The normalized spacial score (nSPS) is 25.7. The van der Waals surface area contributed by atoms with Crippen molar-refractivity contribution in [2.75, 3.05) is 12.3 Å². The van der Waals surface area contributed by atoms with E-state index in [1.54, 1.807) is 0 Å². The molecule has 1 aliphatic heterocycles. The van der Waals surface area contributed by atoms with E-state index in [-0.39, 0.29) is 4.75 Å². The van der Waals surface area contributed by atoms with Gasteiger partial charge in [-0.05, 0) is 52.6 Å².